The minimum absolute atomic E-state index is 0.124. The van der Waals surface area contributed by atoms with Crippen LogP contribution in [0.1, 0.15) is 25.7 Å². The van der Waals surface area contributed by atoms with Crippen molar-refractivity contribution in [3.63, 3.8) is 0 Å². The molecule has 0 bridgehead atoms. The van der Waals surface area contributed by atoms with E-state index in [1.165, 1.54) is 0 Å². The first-order valence-corrected chi connectivity index (χ1v) is 9.82. The minimum Gasteiger partial charge on any atom is -0.454 e. The van der Waals surface area contributed by atoms with Crippen LogP contribution in [0, 0.1) is 20.2 Å². The lowest BCUT2D eigenvalue weighted by atomic mass is 10.1. The molecule has 16 heteroatoms. The van der Waals surface area contributed by atoms with Crippen molar-refractivity contribution in [1.29, 1.82) is 0 Å². The van der Waals surface area contributed by atoms with Crippen LogP contribution in [0.5, 0.6) is 0 Å². The van der Waals surface area contributed by atoms with Gasteiger partial charge < -0.3 is 28.4 Å². The Balaban J connectivity index is 1.29. The summed E-state index contributed by atoms with van der Waals surface area (Å²) in [5, 5.41) is 19.6. The number of rotatable bonds is 9. The molecule has 0 radical (unpaired) electrons. The van der Waals surface area contributed by atoms with Crippen molar-refractivity contribution in [3.8, 4) is 0 Å². The first kappa shape index (κ1) is 22.4. The standard InChI is InChI=1S/C16H20N2O14/c19-13(29-11-7-25-9-3-5-27-15(9,11)31-17(21)22)1-2-14(20)30-12-8-26-10-4-6-28-16(10,12)32-18(23)24/h9-12H,1-8H2. The van der Waals surface area contributed by atoms with Gasteiger partial charge in [0.25, 0.3) is 21.7 Å². The summed E-state index contributed by atoms with van der Waals surface area (Å²) in [6.45, 7) is -0.0973. The highest BCUT2D eigenvalue weighted by molar-refractivity contribution is 5.78. The van der Waals surface area contributed by atoms with E-state index in [0.717, 1.165) is 0 Å². The lowest BCUT2D eigenvalue weighted by molar-refractivity contribution is -0.798. The van der Waals surface area contributed by atoms with Crippen LogP contribution in [-0.4, -0.2) is 84.5 Å². The second kappa shape index (κ2) is 8.61. The van der Waals surface area contributed by atoms with Gasteiger partial charge in [-0.25, -0.2) is 0 Å². The summed E-state index contributed by atoms with van der Waals surface area (Å²) >= 11 is 0. The SMILES string of the molecule is O=C(CCC(=O)OC1COC2CCOC21O[N+](=O)[O-])OC1COC2CCOC21O[N+](=O)[O-]. The molecule has 0 aromatic heterocycles. The Bertz CT molecular complexity index is 729. The Morgan fingerprint density at radius 3 is 1.59 bits per heavy atom. The molecule has 6 atom stereocenters. The van der Waals surface area contributed by atoms with E-state index in [1.54, 1.807) is 0 Å². The molecule has 178 valence electrons. The molecule has 6 unspecified atom stereocenters. The Morgan fingerprint density at radius 1 is 0.812 bits per heavy atom. The number of carbonyl (C=O) groups is 2. The number of hydrogen-bond acceptors (Lipinski definition) is 14. The average molecular weight is 464 g/mol. The number of carbonyl (C=O) groups excluding carboxylic acids is 2. The molecule has 4 aliphatic rings. The zero-order valence-electron chi connectivity index (χ0n) is 16.6. The summed E-state index contributed by atoms with van der Waals surface area (Å²) in [6, 6.07) is 0. The topological polar surface area (TPSA) is 194 Å². The van der Waals surface area contributed by atoms with E-state index >= 15 is 0 Å². The normalized spacial score (nSPS) is 37.4. The number of nitrogens with zero attached hydrogens (tertiary/aromatic N) is 2. The number of ether oxygens (including phenoxy) is 6. The van der Waals surface area contributed by atoms with Crippen LogP contribution in [0.2, 0.25) is 0 Å². The summed E-state index contributed by atoms with van der Waals surface area (Å²) < 4.78 is 31.8. The van der Waals surface area contributed by atoms with Gasteiger partial charge in [0.2, 0.25) is 0 Å². The van der Waals surface area contributed by atoms with E-state index in [-0.39, 0.29) is 26.4 Å². The second-order valence-electron chi connectivity index (χ2n) is 7.45. The van der Waals surface area contributed by atoms with Gasteiger partial charge in [0.15, 0.2) is 12.2 Å². The van der Waals surface area contributed by atoms with E-state index < -0.39 is 70.9 Å². The van der Waals surface area contributed by atoms with Crippen LogP contribution in [-0.2, 0) is 47.7 Å². The number of hydrogen-bond donors (Lipinski definition) is 0. The molecule has 0 aromatic carbocycles. The van der Waals surface area contributed by atoms with Crippen LogP contribution >= 0.6 is 0 Å². The number of fused-ring (bicyclic) bond motifs is 2. The van der Waals surface area contributed by atoms with Crippen LogP contribution in [0.4, 0.5) is 0 Å². The minimum atomic E-state index is -1.85. The molecule has 32 heavy (non-hydrogen) atoms. The fraction of sp³-hybridized carbons (Fsp3) is 0.875. The van der Waals surface area contributed by atoms with Crippen molar-refractivity contribution in [3.05, 3.63) is 20.2 Å². The molecule has 4 heterocycles. The first-order chi connectivity index (χ1) is 15.2. The summed E-state index contributed by atoms with van der Waals surface area (Å²) in [5.41, 5.74) is 0. The van der Waals surface area contributed by atoms with E-state index in [0.29, 0.717) is 12.8 Å². The number of esters is 2. The van der Waals surface area contributed by atoms with Gasteiger partial charge in [-0.1, -0.05) is 0 Å². The third kappa shape index (κ3) is 4.01. The summed E-state index contributed by atoms with van der Waals surface area (Å²) in [6.07, 6.45) is -4.15. The zero-order valence-corrected chi connectivity index (χ0v) is 16.6. The van der Waals surface area contributed by atoms with Crippen molar-refractivity contribution in [2.45, 2.75) is 61.7 Å². The largest absolute Gasteiger partial charge is 0.454 e. The summed E-state index contributed by atoms with van der Waals surface area (Å²) in [5.74, 6) is -5.43. The summed E-state index contributed by atoms with van der Waals surface area (Å²) in [7, 11) is 0. The fourth-order valence-corrected chi connectivity index (χ4v) is 4.27. The van der Waals surface area contributed by atoms with Gasteiger partial charge in [-0.15, -0.1) is 20.2 Å². The Labute approximate surface area is 179 Å². The second-order valence-corrected chi connectivity index (χ2v) is 7.45. The summed E-state index contributed by atoms with van der Waals surface area (Å²) in [4.78, 5) is 55.4. The Kier molecular flexibility index (Phi) is 6.02. The molecule has 4 fully saturated rings. The van der Waals surface area contributed by atoms with Crippen molar-refractivity contribution in [1.82, 2.24) is 0 Å². The van der Waals surface area contributed by atoms with Crippen LogP contribution in [0.15, 0.2) is 0 Å². The highest BCUT2D eigenvalue weighted by atomic mass is 17.0. The van der Waals surface area contributed by atoms with Gasteiger partial charge in [0.05, 0.1) is 39.3 Å². The van der Waals surface area contributed by atoms with E-state index in [9.17, 15) is 29.8 Å². The van der Waals surface area contributed by atoms with Crippen molar-refractivity contribution < 1.29 is 57.9 Å². The van der Waals surface area contributed by atoms with Gasteiger partial charge in [-0.3, -0.25) is 19.3 Å². The fourth-order valence-electron chi connectivity index (χ4n) is 4.27. The molecule has 16 nitrogen and oxygen atoms in total. The van der Waals surface area contributed by atoms with Crippen LogP contribution in [0.25, 0.3) is 0 Å². The van der Waals surface area contributed by atoms with Crippen LogP contribution < -0.4 is 0 Å². The Morgan fingerprint density at radius 2 is 1.22 bits per heavy atom. The maximum absolute atomic E-state index is 12.2. The molecular weight excluding hydrogens is 444 g/mol. The van der Waals surface area contributed by atoms with Crippen molar-refractivity contribution >= 4 is 11.9 Å². The van der Waals surface area contributed by atoms with Gasteiger partial charge in [-0.05, 0) is 0 Å². The highest BCUT2D eigenvalue weighted by Gasteiger charge is 2.63. The maximum atomic E-state index is 12.2. The predicted molar refractivity (Wildman–Crippen MR) is 91.2 cm³/mol. The smallest absolute Gasteiger partial charge is 0.306 e. The highest BCUT2D eigenvalue weighted by Crippen LogP contribution is 2.41. The molecule has 0 spiro atoms. The molecule has 4 rings (SSSR count). The van der Waals surface area contributed by atoms with Crippen LogP contribution in [0.3, 0.4) is 0 Å². The Hall–Kier alpha value is -2.82. The van der Waals surface area contributed by atoms with Gasteiger partial charge in [0.1, 0.15) is 12.2 Å². The zero-order chi connectivity index (χ0) is 22.9. The molecular formula is C16H20N2O14. The van der Waals surface area contributed by atoms with E-state index in [1.807, 2.05) is 0 Å². The maximum Gasteiger partial charge on any atom is 0.306 e. The average Bonchev–Trinajstić information content (AvgIpc) is 3.43. The predicted octanol–water partition coefficient (Wildman–Crippen LogP) is -0.962. The lowest BCUT2D eigenvalue weighted by Gasteiger charge is -2.29. The van der Waals surface area contributed by atoms with E-state index in [4.69, 9.17) is 28.4 Å². The molecule has 0 N–H and O–H groups in total. The molecule has 0 saturated carbocycles. The van der Waals surface area contributed by atoms with Gasteiger partial charge in [0, 0.05) is 12.8 Å². The van der Waals surface area contributed by atoms with Crippen molar-refractivity contribution in [2.24, 2.45) is 0 Å². The molecule has 0 aliphatic carbocycles. The quantitative estimate of drug-likeness (QED) is 0.230. The third-order valence-electron chi connectivity index (χ3n) is 5.62. The first-order valence-electron chi connectivity index (χ1n) is 9.82. The molecule has 4 saturated heterocycles. The molecule has 0 amide bonds. The molecule has 0 aromatic rings. The monoisotopic (exact) mass is 464 g/mol. The lowest BCUT2D eigenvalue weighted by Crippen LogP contribution is -2.51. The van der Waals surface area contributed by atoms with Gasteiger partial charge in [-0.2, -0.15) is 0 Å². The third-order valence-corrected chi connectivity index (χ3v) is 5.62. The van der Waals surface area contributed by atoms with E-state index in [2.05, 4.69) is 9.68 Å². The van der Waals surface area contributed by atoms with Crippen molar-refractivity contribution in [2.75, 3.05) is 26.4 Å². The molecule has 4 aliphatic heterocycles. The van der Waals surface area contributed by atoms with Gasteiger partial charge >= 0.3 is 11.9 Å².